The first-order chi connectivity index (χ1) is 18.8. The van der Waals surface area contributed by atoms with Crippen molar-refractivity contribution in [2.45, 2.75) is 75.1 Å². The Morgan fingerprint density at radius 2 is 1.67 bits per heavy atom. The summed E-state index contributed by atoms with van der Waals surface area (Å²) in [5.41, 5.74) is 2.33. The summed E-state index contributed by atoms with van der Waals surface area (Å²) in [4.78, 5) is 17.4. The van der Waals surface area contributed by atoms with Gasteiger partial charge in [0.05, 0.1) is 24.7 Å². The van der Waals surface area contributed by atoms with Crippen LogP contribution in [0.4, 0.5) is 0 Å². The minimum atomic E-state index is -0.912. The third-order valence-corrected chi connectivity index (χ3v) is 11.5. The standard InChI is InChI=1S/C16H17Cl2NO2.C16H23NO/c1-2-12-15(16(12,17)18)8-11-9-21-13(19(11)14(15)20)10-6-4-3-5-7-10;1-2-14-8-16(14)9-15(11-18)17(12-16)10-13-6-4-3-5-7-13/h3-7,11-13H,2,8-9H2,1H3;3-7,14-15,18H,2,8-12H2,1H3/t11?,12-,13+,15?;14-,15?,16?/m01/s1. The van der Waals surface area contributed by atoms with Gasteiger partial charge < -0.3 is 14.7 Å². The fourth-order valence-corrected chi connectivity index (χ4v) is 9.24. The molecule has 2 aromatic carbocycles. The van der Waals surface area contributed by atoms with E-state index in [1.807, 2.05) is 42.2 Å². The number of aliphatic hydroxyl groups is 1. The molecular formula is C32H40Cl2N2O3. The van der Waals surface area contributed by atoms with Gasteiger partial charge in [0.25, 0.3) is 0 Å². The maximum atomic E-state index is 13.0. The van der Waals surface area contributed by atoms with Gasteiger partial charge in [0.1, 0.15) is 4.33 Å². The highest BCUT2D eigenvalue weighted by Crippen LogP contribution is 2.76. The van der Waals surface area contributed by atoms with Crippen molar-refractivity contribution in [3.05, 3.63) is 71.8 Å². The van der Waals surface area contributed by atoms with Gasteiger partial charge in [-0.3, -0.25) is 9.69 Å². The SMILES string of the molecule is CC[C@@H]1C(Cl)(Cl)C12CC1CO[C@H](c3ccccc3)N1C2=O.CC[C@@H]1CC12CC(CO)N(Cc1ccccc1)C2. The zero-order chi connectivity index (χ0) is 27.4. The second kappa shape index (κ2) is 10.3. The van der Waals surface area contributed by atoms with Crippen LogP contribution in [0.5, 0.6) is 0 Å². The molecule has 2 spiro atoms. The Balaban J connectivity index is 0.000000144. The van der Waals surface area contributed by atoms with E-state index in [-0.39, 0.29) is 24.1 Å². The molecule has 5 aliphatic rings. The van der Waals surface area contributed by atoms with Gasteiger partial charge in [0.2, 0.25) is 5.91 Å². The zero-order valence-electron chi connectivity index (χ0n) is 22.9. The summed E-state index contributed by atoms with van der Waals surface area (Å²) in [6, 6.07) is 21.0. The predicted octanol–water partition coefficient (Wildman–Crippen LogP) is 6.19. The Labute approximate surface area is 242 Å². The van der Waals surface area contributed by atoms with E-state index < -0.39 is 9.75 Å². The number of benzene rings is 2. The normalized spacial score (nSPS) is 37.7. The first kappa shape index (κ1) is 27.5. The van der Waals surface area contributed by atoms with E-state index in [1.165, 1.54) is 31.4 Å². The van der Waals surface area contributed by atoms with E-state index in [0.29, 0.717) is 31.1 Å². The third-order valence-electron chi connectivity index (χ3n) is 10.3. The number of halogens is 2. The van der Waals surface area contributed by atoms with Crippen LogP contribution < -0.4 is 0 Å². The molecule has 4 unspecified atom stereocenters. The lowest BCUT2D eigenvalue weighted by atomic mass is 9.98. The quantitative estimate of drug-likeness (QED) is 0.421. The average Bonchev–Trinajstić information content (AvgIpc) is 3.44. The van der Waals surface area contributed by atoms with Crippen LogP contribution in [-0.2, 0) is 16.1 Å². The molecule has 210 valence electrons. The number of amides is 1. The number of fused-ring (bicyclic) bond motifs is 1. The first-order valence-corrected chi connectivity index (χ1v) is 15.3. The molecule has 0 aromatic heterocycles. The summed E-state index contributed by atoms with van der Waals surface area (Å²) in [6.45, 7) is 7.39. The van der Waals surface area contributed by atoms with Crippen molar-refractivity contribution < 1.29 is 14.6 Å². The Kier molecular flexibility index (Phi) is 7.29. The monoisotopic (exact) mass is 570 g/mol. The maximum Gasteiger partial charge on any atom is 0.234 e. The summed E-state index contributed by atoms with van der Waals surface area (Å²) >= 11 is 12.9. The molecule has 7 atom stereocenters. The van der Waals surface area contributed by atoms with E-state index in [4.69, 9.17) is 27.9 Å². The van der Waals surface area contributed by atoms with E-state index >= 15 is 0 Å². The Hall–Kier alpha value is -1.63. The summed E-state index contributed by atoms with van der Waals surface area (Å²) in [5, 5.41) is 9.59. The van der Waals surface area contributed by atoms with Crippen LogP contribution in [-0.4, -0.2) is 57.0 Å². The van der Waals surface area contributed by atoms with Crippen molar-refractivity contribution in [3.8, 4) is 0 Å². The first-order valence-electron chi connectivity index (χ1n) is 14.6. The molecule has 3 aliphatic heterocycles. The zero-order valence-corrected chi connectivity index (χ0v) is 24.5. The number of nitrogens with zero attached hydrogens (tertiary/aromatic N) is 2. The minimum Gasteiger partial charge on any atom is -0.395 e. The number of likely N-dealkylation sites (tertiary alicyclic amines) is 1. The largest absolute Gasteiger partial charge is 0.395 e. The van der Waals surface area contributed by atoms with Gasteiger partial charge in [-0.25, -0.2) is 0 Å². The van der Waals surface area contributed by atoms with E-state index in [2.05, 4.69) is 42.2 Å². The van der Waals surface area contributed by atoms with Crippen LogP contribution in [0.2, 0.25) is 0 Å². The van der Waals surface area contributed by atoms with Crippen molar-refractivity contribution in [2.24, 2.45) is 22.7 Å². The van der Waals surface area contributed by atoms with Gasteiger partial charge in [-0.2, -0.15) is 0 Å². The lowest BCUT2D eigenvalue weighted by Crippen LogP contribution is -2.33. The molecule has 1 N–H and O–H groups in total. The lowest BCUT2D eigenvalue weighted by Gasteiger charge is -2.23. The van der Waals surface area contributed by atoms with Crippen LogP contribution in [0, 0.1) is 22.7 Å². The highest BCUT2D eigenvalue weighted by Gasteiger charge is 2.83. The van der Waals surface area contributed by atoms with E-state index in [9.17, 15) is 9.90 Å². The fraction of sp³-hybridized carbons (Fsp3) is 0.594. The molecule has 2 saturated carbocycles. The fourth-order valence-electron chi connectivity index (χ4n) is 8.09. The molecule has 3 heterocycles. The van der Waals surface area contributed by atoms with Crippen molar-refractivity contribution in [3.63, 3.8) is 0 Å². The smallest absolute Gasteiger partial charge is 0.234 e. The molecular weight excluding hydrogens is 531 g/mol. The Bertz CT molecular complexity index is 1180. The van der Waals surface area contributed by atoms with E-state index in [0.717, 1.165) is 24.4 Å². The van der Waals surface area contributed by atoms with Crippen LogP contribution in [0.1, 0.15) is 63.3 Å². The predicted molar refractivity (Wildman–Crippen MR) is 154 cm³/mol. The Morgan fingerprint density at radius 3 is 2.26 bits per heavy atom. The maximum absolute atomic E-state index is 13.0. The number of aliphatic hydroxyl groups excluding tert-OH is 1. The topological polar surface area (TPSA) is 53.0 Å². The number of hydrogen-bond acceptors (Lipinski definition) is 4. The summed E-state index contributed by atoms with van der Waals surface area (Å²) < 4.78 is 4.94. The van der Waals surface area contributed by atoms with Crippen molar-refractivity contribution in [1.29, 1.82) is 0 Å². The summed E-state index contributed by atoms with van der Waals surface area (Å²) in [5.74, 6) is 1.03. The molecule has 7 rings (SSSR count). The average molecular weight is 572 g/mol. The molecule has 7 heteroatoms. The second-order valence-corrected chi connectivity index (χ2v) is 13.7. The molecule has 2 aliphatic carbocycles. The van der Waals surface area contributed by atoms with Gasteiger partial charge in [0.15, 0.2) is 6.23 Å². The highest BCUT2D eigenvalue weighted by molar-refractivity contribution is 6.53. The Morgan fingerprint density at radius 1 is 0.974 bits per heavy atom. The molecule has 3 saturated heterocycles. The highest BCUT2D eigenvalue weighted by atomic mass is 35.5. The van der Waals surface area contributed by atoms with Gasteiger partial charge >= 0.3 is 0 Å². The number of alkyl halides is 2. The number of carbonyl (C=O) groups excluding carboxylic acids is 1. The van der Waals surface area contributed by atoms with Gasteiger partial charge in [-0.05, 0) is 42.6 Å². The third kappa shape index (κ3) is 4.44. The molecule has 5 nitrogen and oxygen atoms in total. The molecule has 0 radical (unpaired) electrons. The van der Waals surface area contributed by atoms with Gasteiger partial charge in [0, 0.05) is 30.6 Å². The summed E-state index contributed by atoms with van der Waals surface area (Å²) in [6.07, 6.45) is 5.12. The minimum absolute atomic E-state index is 0.0582. The van der Waals surface area contributed by atoms with Gasteiger partial charge in [-0.1, -0.05) is 80.9 Å². The van der Waals surface area contributed by atoms with Crippen molar-refractivity contribution in [1.82, 2.24) is 9.80 Å². The van der Waals surface area contributed by atoms with Crippen LogP contribution in [0.25, 0.3) is 0 Å². The number of ether oxygens (including phenoxy) is 1. The van der Waals surface area contributed by atoms with Crippen molar-refractivity contribution in [2.75, 3.05) is 19.8 Å². The molecule has 39 heavy (non-hydrogen) atoms. The van der Waals surface area contributed by atoms with E-state index in [1.54, 1.807) is 0 Å². The van der Waals surface area contributed by atoms with Crippen molar-refractivity contribution >= 4 is 29.1 Å². The summed E-state index contributed by atoms with van der Waals surface area (Å²) in [7, 11) is 0. The van der Waals surface area contributed by atoms with Crippen LogP contribution in [0.3, 0.4) is 0 Å². The molecule has 1 amide bonds. The molecule has 2 aromatic rings. The molecule has 5 fully saturated rings. The number of rotatable bonds is 6. The second-order valence-electron chi connectivity index (χ2n) is 12.3. The lowest BCUT2D eigenvalue weighted by molar-refractivity contribution is -0.139. The van der Waals surface area contributed by atoms with Gasteiger partial charge in [-0.15, -0.1) is 23.2 Å². The molecule has 0 bridgehead atoms. The number of carbonyl (C=O) groups is 1. The van der Waals surface area contributed by atoms with Crippen LogP contribution >= 0.6 is 23.2 Å². The van der Waals surface area contributed by atoms with Crippen LogP contribution in [0.15, 0.2) is 60.7 Å². The number of hydrogen-bond donors (Lipinski definition) is 1.